The maximum Gasteiger partial charge on any atom is 0.335 e. The number of nitrogens with one attached hydrogen (secondary N) is 1. The van der Waals surface area contributed by atoms with E-state index in [0.29, 0.717) is 24.3 Å². The van der Waals surface area contributed by atoms with Gasteiger partial charge in [-0.3, -0.25) is 4.79 Å². The normalized spacial score (nSPS) is 16.4. The molecule has 112 valence electrons. The van der Waals surface area contributed by atoms with Crippen molar-refractivity contribution in [3.63, 3.8) is 0 Å². The Hall–Kier alpha value is -2.82. The SMILES string of the molecule is O=C(O)c1ccc2c(c1)OC(CCc1ccccc1)C(=O)N2. The topological polar surface area (TPSA) is 75.6 Å². The van der Waals surface area contributed by atoms with E-state index in [1.54, 1.807) is 6.07 Å². The molecule has 0 aliphatic carbocycles. The summed E-state index contributed by atoms with van der Waals surface area (Å²) in [5.74, 6) is -0.826. The fraction of sp³-hybridized carbons (Fsp3) is 0.176. The van der Waals surface area contributed by atoms with Gasteiger partial charge < -0.3 is 15.2 Å². The molecule has 5 nitrogen and oxygen atoms in total. The van der Waals surface area contributed by atoms with Crippen molar-refractivity contribution >= 4 is 17.6 Å². The lowest BCUT2D eigenvalue weighted by molar-refractivity contribution is -0.123. The second-order valence-corrected chi connectivity index (χ2v) is 5.14. The van der Waals surface area contributed by atoms with Crippen LogP contribution in [-0.2, 0) is 11.2 Å². The third kappa shape index (κ3) is 2.93. The maximum atomic E-state index is 12.0. The number of carbonyl (C=O) groups is 2. The molecule has 0 saturated carbocycles. The van der Waals surface area contributed by atoms with Crippen molar-refractivity contribution in [1.82, 2.24) is 0 Å². The third-order valence-electron chi connectivity index (χ3n) is 3.59. The minimum Gasteiger partial charge on any atom is -0.478 e. The van der Waals surface area contributed by atoms with Crippen LogP contribution in [0.25, 0.3) is 0 Å². The Morgan fingerprint density at radius 3 is 2.68 bits per heavy atom. The molecule has 0 spiro atoms. The standard InChI is InChI=1S/C17H15NO4/c19-16-14(9-6-11-4-2-1-3-5-11)22-15-10-12(17(20)21)7-8-13(15)18-16/h1-5,7-8,10,14H,6,9H2,(H,18,19)(H,20,21). The number of carboxylic acids is 1. The summed E-state index contributed by atoms with van der Waals surface area (Å²) in [7, 11) is 0. The van der Waals surface area contributed by atoms with Crippen LogP contribution >= 0.6 is 0 Å². The number of carbonyl (C=O) groups excluding carboxylic acids is 1. The molecule has 1 aliphatic heterocycles. The Bertz CT molecular complexity index is 712. The molecule has 0 radical (unpaired) electrons. The van der Waals surface area contributed by atoms with Crippen LogP contribution in [0, 0.1) is 0 Å². The molecule has 1 heterocycles. The largest absolute Gasteiger partial charge is 0.478 e. The van der Waals surface area contributed by atoms with Crippen molar-refractivity contribution in [3.05, 3.63) is 59.7 Å². The first-order valence-corrected chi connectivity index (χ1v) is 7.02. The van der Waals surface area contributed by atoms with Gasteiger partial charge >= 0.3 is 5.97 Å². The van der Waals surface area contributed by atoms with Crippen LogP contribution in [0.1, 0.15) is 22.3 Å². The number of amides is 1. The van der Waals surface area contributed by atoms with Crippen molar-refractivity contribution in [2.24, 2.45) is 0 Å². The number of aromatic carboxylic acids is 1. The molecular formula is C17H15NO4. The van der Waals surface area contributed by atoms with Crippen molar-refractivity contribution in [2.45, 2.75) is 18.9 Å². The lowest BCUT2D eigenvalue weighted by atomic mass is 10.0. The second-order valence-electron chi connectivity index (χ2n) is 5.14. The molecule has 0 aromatic heterocycles. The minimum atomic E-state index is -1.02. The first kappa shape index (κ1) is 14.1. The summed E-state index contributed by atoms with van der Waals surface area (Å²) in [5.41, 5.74) is 1.77. The highest BCUT2D eigenvalue weighted by molar-refractivity contribution is 5.99. The van der Waals surface area contributed by atoms with E-state index in [1.165, 1.54) is 12.1 Å². The fourth-order valence-electron chi connectivity index (χ4n) is 2.41. The quantitative estimate of drug-likeness (QED) is 0.909. The van der Waals surface area contributed by atoms with Crippen LogP contribution in [0.2, 0.25) is 0 Å². The Kier molecular flexibility index (Phi) is 3.78. The highest BCUT2D eigenvalue weighted by Gasteiger charge is 2.27. The molecule has 2 aromatic rings. The number of fused-ring (bicyclic) bond motifs is 1. The zero-order valence-corrected chi connectivity index (χ0v) is 11.8. The summed E-state index contributed by atoms with van der Waals surface area (Å²) in [4.78, 5) is 23.0. The van der Waals surface area contributed by atoms with Gasteiger partial charge in [0.25, 0.3) is 5.91 Å². The molecule has 0 fully saturated rings. The summed E-state index contributed by atoms with van der Waals surface area (Å²) in [6.07, 6.45) is 0.635. The van der Waals surface area contributed by atoms with Crippen LogP contribution in [0.4, 0.5) is 5.69 Å². The predicted octanol–water partition coefficient (Wildman–Crippen LogP) is 2.72. The van der Waals surface area contributed by atoms with Gasteiger partial charge in [0.2, 0.25) is 0 Å². The molecule has 3 rings (SSSR count). The number of aryl methyl sites for hydroxylation is 1. The maximum absolute atomic E-state index is 12.0. The van der Waals surface area contributed by atoms with E-state index in [2.05, 4.69) is 5.32 Å². The van der Waals surface area contributed by atoms with Gasteiger partial charge in [-0.25, -0.2) is 4.79 Å². The average molecular weight is 297 g/mol. The molecule has 0 saturated heterocycles. The molecule has 1 amide bonds. The van der Waals surface area contributed by atoms with Crippen LogP contribution in [0.15, 0.2) is 48.5 Å². The van der Waals surface area contributed by atoms with Gasteiger partial charge in [-0.1, -0.05) is 30.3 Å². The van der Waals surface area contributed by atoms with E-state index in [1.807, 2.05) is 30.3 Å². The zero-order valence-electron chi connectivity index (χ0n) is 11.8. The van der Waals surface area contributed by atoms with E-state index >= 15 is 0 Å². The predicted molar refractivity (Wildman–Crippen MR) is 81.2 cm³/mol. The van der Waals surface area contributed by atoms with Gasteiger partial charge in [-0.15, -0.1) is 0 Å². The molecule has 1 aliphatic rings. The van der Waals surface area contributed by atoms with E-state index in [9.17, 15) is 9.59 Å². The van der Waals surface area contributed by atoms with Crippen molar-refractivity contribution < 1.29 is 19.4 Å². The number of rotatable bonds is 4. The van der Waals surface area contributed by atoms with Gasteiger partial charge in [0.15, 0.2) is 6.10 Å². The smallest absolute Gasteiger partial charge is 0.335 e. The summed E-state index contributed by atoms with van der Waals surface area (Å²) in [6, 6.07) is 14.3. The lowest BCUT2D eigenvalue weighted by Gasteiger charge is -2.26. The monoisotopic (exact) mass is 297 g/mol. The number of carboxylic acid groups (broad SMARTS) is 1. The van der Waals surface area contributed by atoms with Gasteiger partial charge in [-0.2, -0.15) is 0 Å². The number of ether oxygens (including phenoxy) is 1. The first-order valence-electron chi connectivity index (χ1n) is 7.02. The van der Waals surface area contributed by atoms with Gasteiger partial charge in [0.05, 0.1) is 11.3 Å². The van der Waals surface area contributed by atoms with E-state index in [0.717, 1.165) is 5.56 Å². The Morgan fingerprint density at radius 1 is 1.18 bits per heavy atom. The van der Waals surface area contributed by atoms with Crippen molar-refractivity contribution in [3.8, 4) is 5.75 Å². The van der Waals surface area contributed by atoms with Crippen LogP contribution in [0.3, 0.4) is 0 Å². The average Bonchev–Trinajstić information content (AvgIpc) is 2.53. The van der Waals surface area contributed by atoms with Crippen molar-refractivity contribution in [2.75, 3.05) is 5.32 Å². The van der Waals surface area contributed by atoms with E-state index < -0.39 is 12.1 Å². The van der Waals surface area contributed by atoms with E-state index in [-0.39, 0.29) is 11.5 Å². The number of hydrogen-bond acceptors (Lipinski definition) is 3. The van der Waals surface area contributed by atoms with E-state index in [4.69, 9.17) is 9.84 Å². The number of benzene rings is 2. The molecule has 1 atom stereocenters. The van der Waals surface area contributed by atoms with Crippen molar-refractivity contribution in [1.29, 1.82) is 0 Å². The number of anilines is 1. The Labute approximate surface area is 127 Å². The molecule has 22 heavy (non-hydrogen) atoms. The summed E-state index contributed by atoms with van der Waals surface area (Å²) in [5, 5.41) is 11.8. The molecule has 0 bridgehead atoms. The number of hydrogen-bond donors (Lipinski definition) is 2. The summed E-state index contributed by atoms with van der Waals surface area (Å²) in [6.45, 7) is 0. The van der Waals surface area contributed by atoms with Crippen LogP contribution in [0.5, 0.6) is 5.75 Å². The minimum absolute atomic E-state index is 0.136. The van der Waals surface area contributed by atoms with Gasteiger partial charge in [-0.05, 0) is 36.6 Å². The van der Waals surface area contributed by atoms with Gasteiger partial charge in [0, 0.05) is 0 Å². The molecule has 2 aromatic carbocycles. The lowest BCUT2D eigenvalue weighted by Crippen LogP contribution is -2.37. The van der Waals surface area contributed by atoms with Crippen LogP contribution < -0.4 is 10.1 Å². The highest BCUT2D eigenvalue weighted by Crippen LogP contribution is 2.31. The molecule has 2 N–H and O–H groups in total. The fourth-order valence-corrected chi connectivity index (χ4v) is 2.41. The van der Waals surface area contributed by atoms with Crippen LogP contribution in [-0.4, -0.2) is 23.1 Å². The van der Waals surface area contributed by atoms with Gasteiger partial charge in [0.1, 0.15) is 5.75 Å². The summed E-state index contributed by atoms with van der Waals surface area (Å²) < 4.78 is 5.68. The third-order valence-corrected chi connectivity index (χ3v) is 3.59. The molecule has 1 unspecified atom stereocenters. The second kappa shape index (κ2) is 5.89. The highest BCUT2D eigenvalue weighted by atomic mass is 16.5. The zero-order chi connectivity index (χ0) is 15.5. The molecule has 5 heteroatoms. The molecular weight excluding hydrogens is 282 g/mol. The Balaban J connectivity index is 1.74. The Morgan fingerprint density at radius 2 is 1.95 bits per heavy atom. The first-order chi connectivity index (χ1) is 10.6. The summed E-state index contributed by atoms with van der Waals surface area (Å²) >= 11 is 0.